The molecule has 2 aromatic heterocycles. The SMILES string of the molecule is CCCONc1nc2nc(C)[nH]c2c(=O)[nH]1. The highest BCUT2D eigenvalue weighted by Crippen LogP contribution is 2.05. The highest BCUT2D eigenvalue weighted by molar-refractivity contribution is 5.70. The topological polar surface area (TPSA) is 95.7 Å². The number of aromatic nitrogens is 4. The number of nitrogens with zero attached hydrogens (tertiary/aromatic N) is 2. The van der Waals surface area contributed by atoms with Crippen LogP contribution in [0.4, 0.5) is 5.95 Å². The van der Waals surface area contributed by atoms with E-state index in [0.29, 0.717) is 23.6 Å². The molecule has 7 nitrogen and oxygen atoms in total. The summed E-state index contributed by atoms with van der Waals surface area (Å²) >= 11 is 0. The minimum atomic E-state index is -0.270. The molecule has 0 unspecified atom stereocenters. The third-order valence-corrected chi connectivity index (χ3v) is 1.95. The molecule has 16 heavy (non-hydrogen) atoms. The normalized spacial score (nSPS) is 10.9. The van der Waals surface area contributed by atoms with Crippen molar-refractivity contribution < 1.29 is 4.84 Å². The van der Waals surface area contributed by atoms with E-state index < -0.39 is 0 Å². The third-order valence-electron chi connectivity index (χ3n) is 1.95. The molecule has 0 fully saturated rings. The molecule has 0 bridgehead atoms. The van der Waals surface area contributed by atoms with Crippen molar-refractivity contribution >= 4 is 17.1 Å². The standard InChI is InChI=1S/C9H13N5O2/c1-3-4-16-14-9-12-7-6(8(15)13-9)10-5(2)11-7/h3-4H2,1-2H3,(H3,10,11,12,13,14,15). The van der Waals surface area contributed by atoms with Crippen LogP contribution in [-0.4, -0.2) is 26.5 Å². The molecular formula is C9H13N5O2. The van der Waals surface area contributed by atoms with Crippen LogP contribution >= 0.6 is 0 Å². The Hall–Kier alpha value is -1.89. The molecule has 7 heteroatoms. The summed E-state index contributed by atoms with van der Waals surface area (Å²) in [4.78, 5) is 30.2. The number of H-pyrrole nitrogens is 2. The molecule has 0 aromatic carbocycles. The number of aromatic amines is 2. The molecule has 0 aliphatic carbocycles. The first-order chi connectivity index (χ1) is 7.70. The largest absolute Gasteiger partial charge is 0.336 e. The fourth-order valence-electron chi connectivity index (χ4n) is 1.29. The Morgan fingerprint density at radius 2 is 2.19 bits per heavy atom. The molecule has 0 amide bonds. The van der Waals surface area contributed by atoms with Crippen molar-refractivity contribution in [3.63, 3.8) is 0 Å². The zero-order valence-corrected chi connectivity index (χ0v) is 9.13. The van der Waals surface area contributed by atoms with Crippen molar-refractivity contribution in [3.8, 4) is 0 Å². The molecule has 0 aliphatic heterocycles. The van der Waals surface area contributed by atoms with Crippen LogP contribution in [0.15, 0.2) is 4.79 Å². The smallest absolute Gasteiger partial charge is 0.278 e. The number of hydrogen-bond acceptors (Lipinski definition) is 5. The number of rotatable bonds is 4. The van der Waals surface area contributed by atoms with Gasteiger partial charge in [-0.2, -0.15) is 4.98 Å². The molecule has 2 rings (SSSR count). The number of hydrogen-bond donors (Lipinski definition) is 3. The molecular weight excluding hydrogens is 210 g/mol. The van der Waals surface area contributed by atoms with E-state index in [-0.39, 0.29) is 11.5 Å². The zero-order chi connectivity index (χ0) is 11.5. The van der Waals surface area contributed by atoms with Crippen LogP contribution in [0.2, 0.25) is 0 Å². The molecule has 2 aromatic rings. The van der Waals surface area contributed by atoms with Crippen molar-refractivity contribution in [2.45, 2.75) is 20.3 Å². The van der Waals surface area contributed by atoms with Gasteiger partial charge >= 0.3 is 0 Å². The molecule has 0 spiro atoms. The minimum absolute atomic E-state index is 0.262. The quantitative estimate of drug-likeness (QED) is 0.524. The first-order valence-electron chi connectivity index (χ1n) is 5.05. The fraction of sp³-hybridized carbons (Fsp3) is 0.444. The second-order valence-corrected chi connectivity index (χ2v) is 3.39. The number of aryl methyl sites for hydroxylation is 1. The van der Waals surface area contributed by atoms with E-state index in [9.17, 15) is 4.79 Å². The highest BCUT2D eigenvalue weighted by Gasteiger charge is 2.07. The van der Waals surface area contributed by atoms with Crippen molar-refractivity contribution in [1.82, 2.24) is 19.9 Å². The maximum absolute atomic E-state index is 11.6. The average molecular weight is 223 g/mol. The summed E-state index contributed by atoms with van der Waals surface area (Å²) in [5.74, 6) is 0.914. The fourth-order valence-corrected chi connectivity index (χ4v) is 1.29. The van der Waals surface area contributed by atoms with Crippen LogP contribution in [-0.2, 0) is 4.84 Å². The summed E-state index contributed by atoms with van der Waals surface area (Å²) in [6, 6.07) is 0. The summed E-state index contributed by atoms with van der Waals surface area (Å²) in [5, 5.41) is 0. The van der Waals surface area contributed by atoms with Crippen LogP contribution < -0.4 is 11.0 Å². The van der Waals surface area contributed by atoms with Crippen molar-refractivity contribution in [3.05, 3.63) is 16.2 Å². The lowest BCUT2D eigenvalue weighted by Crippen LogP contribution is -2.13. The lowest BCUT2D eigenvalue weighted by atomic mass is 10.5. The average Bonchev–Trinajstić information content (AvgIpc) is 2.60. The van der Waals surface area contributed by atoms with E-state index in [1.807, 2.05) is 6.92 Å². The predicted molar refractivity (Wildman–Crippen MR) is 59.1 cm³/mol. The van der Waals surface area contributed by atoms with Crippen LogP contribution in [0.3, 0.4) is 0 Å². The maximum Gasteiger partial charge on any atom is 0.278 e. The monoisotopic (exact) mass is 223 g/mol. The first kappa shape index (κ1) is 10.6. The van der Waals surface area contributed by atoms with Gasteiger partial charge in [0.05, 0.1) is 6.61 Å². The van der Waals surface area contributed by atoms with Crippen LogP contribution in [0.1, 0.15) is 19.2 Å². The molecule has 0 atom stereocenters. The number of anilines is 1. The molecule has 0 radical (unpaired) electrons. The van der Waals surface area contributed by atoms with Crippen LogP contribution in [0, 0.1) is 6.92 Å². The Morgan fingerprint density at radius 1 is 1.38 bits per heavy atom. The molecule has 0 aliphatic rings. The Labute approximate surface area is 91.2 Å². The predicted octanol–water partition coefficient (Wildman–Crippen LogP) is 0.708. The van der Waals surface area contributed by atoms with Gasteiger partial charge in [0.2, 0.25) is 5.95 Å². The van der Waals surface area contributed by atoms with E-state index >= 15 is 0 Å². The maximum atomic E-state index is 11.6. The van der Waals surface area contributed by atoms with Crippen LogP contribution in [0.25, 0.3) is 11.2 Å². The van der Waals surface area contributed by atoms with E-state index in [4.69, 9.17) is 4.84 Å². The molecule has 0 saturated carbocycles. The van der Waals surface area contributed by atoms with Gasteiger partial charge in [0.15, 0.2) is 11.2 Å². The van der Waals surface area contributed by atoms with Gasteiger partial charge in [-0.05, 0) is 13.3 Å². The lowest BCUT2D eigenvalue weighted by molar-refractivity contribution is 0.191. The van der Waals surface area contributed by atoms with E-state index in [2.05, 4.69) is 25.4 Å². The lowest BCUT2D eigenvalue weighted by Gasteiger charge is -2.03. The number of fused-ring (bicyclic) bond motifs is 1. The van der Waals surface area contributed by atoms with Crippen molar-refractivity contribution in [2.75, 3.05) is 12.1 Å². The Balaban J connectivity index is 2.30. The van der Waals surface area contributed by atoms with Crippen molar-refractivity contribution in [2.24, 2.45) is 0 Å². The second kappa shape index (κ2) is 4.31. The van der Waals surface area contributed by atoms with Gasteiger partial charge in [-0.1, -0.05) is 6.92 Å². The van der Waals surface area contributed by atoms with E-state index in [0.717, 1.165) is 6.42 Å². The van der Waals surface area contributed by atoms with Gasteiger partial charge in [-0.3, -0.25) is 14.6 Å². The molecule has 86 valence electrons. The molecule has 3 N–H and O–H groups in total. The minimum Gasteiger partial charge on any atom is -0.336 e. The Morgan fingerprint density at radius 3 is 2.94 bits per heavy atom. The summed E-state index contributed by atoms with van der Waals surface area (Å²) in [5.41, 5.74) is 3.05. The third kappa shape index (κ3) is 2.03. The molecule has 0 saturated heterocycles. The van der Waals surface area contributed by atoms with Crippen molar-refractivity contribution in [1.29, 1.82) is 0 Å². The molecule has 2 heterocycles. The van der Waals surface area contributed by atoms with Gasteiger partial charge in [0, 0.05) is 0 Å². The number of nitrogens with one attached hydrogen (secondary N) is 3. The summed E-state index contributed by atoms with van der Waals surface area (Å²) in [7, 11) is 0. The summed E-state index contributed by atoms with van der Waals surface area (Å²) in [6.07, 6.45) is 0.876. The first-order valence-corrected chi connectivity index (χ1v) is 5.05. The summed E-state index contributed by atoms with van der Waals surface area (Å²) in [6.45, 7) is 4.29. The Kier molecular flexibility index (Phi) is 2.86. The van der Waals surface area contributed by atoms with Gasteiger partial charge in [0.25, 0.3) is 5.56 Å². The number of imidazole rings is 1. The van der Waals surface area contributed by atoms with Gasteiger partial charge < -0.3 is 4.98 Å². The van der Waals surface area contributed by atoms with E-state index in [1.54, 1.807) is 6.92 Å². The van der Waals surface area contributed by atoms with Gasteiger partial charge in [-0.25, -0.2) is 10.5 Å². The van der Waals surface area contributed by atoms with Crippen LogP contribution in [0.5, 0.6) is 0 Å². The summed E-state index contributed by atoms with van der Waals surface area (Å²) < 4.78 is 0. The van der Waals surface area contributed by atoms with E-state index in [1.165, 1.54) is 0 Å². The highest BCUT2D eigenvalue weighted by atomic mass is 16.6. The second-order valence-electron chi connectivity index (χ2n) is 3.39. The van der Waals surface area contributed by atoms with Gasteiger partial charge in [-0.15, -0.1) is 0 Å². The zero-order valence-electron chi connectivity index (χ0n) is 9.13. The van der Waals surface area contributed by atoms with Gasteiger partial charge in [0.1, 0.15) is 5.82 Å². The Bertz CT molecular complexity index is 544.